The van der Waals surface area contributed by atoms with E-state index in [-0.39, 0.29) is 0 Å². The van der Waals surface area contributed by atoms with E-state index in [1.807, 2.05) is 0 Å². The van der Waals surface area contributed by atoms with Crippen LogP contribution in [0.2, 0.25) is 0 Å². The maximum absolute atomic E-state index is 5.42. The van der Waals surface area contributed by atoms with Gasteiger partial charge in [0.2, 0.25) is 0 Å². The molecule has 0 aliphatic heterocycles. The monoisotopic (exact) mass is 187 g/mol. The molecule has 0 unspecified atom stereocenters. The lowest BCUT2D eigenvalue weighted by molar-refractivity contribution is 1.29. The fraction of sp³-hybridized carbons (Fsp3) is 0. The third kappa shape index (κ3) is 1.32. The van der Waals surface area contributed by atoms with Crippen molar-refractivity contribution in [3.8, 4) is 0 Å². The van der Waals surface area contributed by atoms with Crippen LogP contribution in [0.4, 0.5) is 11.5 Å². The molecule has 1 rings (SSSR count). The Labute approximate surface area is 61.2 Å². The number of anilines is 2. The number of aromatic nitrogens is 1. The second-order valence-corrected chi connectivity index (χ2v) is 2.37. The van der Waals surface area contributed by atoms with Gasteiger partial charge < -0.3 is 11.5 Å². The normalized spacial score (nSPS) is 9.44. The van der Waals surface area contributed by atoms with E-state index < -0.39 is 0 Å². The lowest BCUT2D eigenvalue weighted by Crippen LogP contribution is -1.93. The highest BCUT2D eigenvalue weighted by molar-refractivity contribution is 9.10. The van der Waals surface area contributed by atoms with Crippen LogP contribution in [0.15, 0.2) is 16.7 Å². The second kappa shape index (κ2) is 2.23. The molecule has 0 amide bonds. The Morgan fingerprint density at radius 1 is 1.33 bits per heavy atom. The van der Waals surface area contributed by atoms with E-state index in [0.717, 1.165) is 0 Å². The first kappa shape index (κ1) is 6.35. The van der Waals surface area contributed by atoms with E-state index in [2.05, 4.69) is 20.9 Å². The van der Waals surface area contributed by atoms with Gasteiger partial charge in [-0.2, -0.15) is 0 Å². The van der Waals surface area contributed by atoms with Gasteiger partial charge in [0.1, 0.15) is 10.4 Å². The molecule has 0 aliphatic carbocycles. The molecule has 0 radical (unpaired) electrons. The lowest BCUT2D eigenvalue weighted by atomic mass is 10.4. The van der Waals surface area contributed by atoms with Gasteiger partial charge in [-0.3, -0.25) is 0 Å². The molecule has 0 atom stereocenters. The zero-order chi connectivity index (χ0) is 6.85. The Hall–Kier alpha value is -0.770. The summed E-state index contributed by atoms with van der Waals surface area (Å²) < 4.78 is 0.600. The molecule has 9 heavy (non-hydrogen) atoms. The Morgan fingerprint density at radius 3 is 2.44 bits per heavy atom. The average molecular weight is 188 g/mol. The van der Waals surface area contributed by atoms with Crippen LogP contribution in [-0.2, 0) is 0 Å². The molecule has 0 aromatic carbocycles. The third-order valence-electron chi connectivity index (χ3n) is 0.899. The van der Waals surface area contributed by atoms with Crippen LogP contribution in [0.1, 0.15) is 0 Å². The lowest BCUT2D eigenvalue weighted by Gasteiger charge is -1.95. The molecular weight excluding hydrogens is 182 g/mol. The molecule has 3 nitrogen and oxygen atoms in total. The first-order chi connectivity index (χ1) is 4.20. The largest absolute Gasteiger partial charge is 0.397 e. The fourth-order valence-corrected chi connectivity index (χ4v) is 0.796. The number of halogens is 1. The number of hydrogen-bond acceptors (Lipinski definition) is 3. The second-order valence-electron chi connectivity index (χ2n) is 1.62. The number of nitrogens with zero attached hydrogens (tertiary/aromatic N) is 1. The van der Waals surface area contributed by atoms with Gasteiger partial charge in [0.05, 0.1) is 5.69 Å². The van der Waals surface area contributed by atoms with Crippen molar-refractivity contribution in [2.75, 3.05) is 11.5 Å². The van der Waals surface area contributed by atoms with Gasteiger partial charge in [0.25, 0.3) is 0 Å². The smallest absolute Gasteiger partial charge is 0.131 e. The summed E-state index contributed by atoms with van der Waals surface area (Å²) in [6.45, 7) is 0. The molecule has 1 aromatic rings. The van der Waals surface area contributed by atoms with Crippen LogP contribution >= 0.6 is 15.9 Å². The van der Waals surface area contributed by atoms with E-state index in [1.54, 1.807) is 12.1 Å². The van der Waals surface area contributed by atoms with E-state index in [9.17, 15) is 0 Å². The van der Waals surface area contributed by atoms with E-state index in [0.29, 0.717) is 16.1 Å². The minimum Gasteiger partial charge on any atom is -0.397 e. The summed E-state index contributed by atoms with van der Waals surface area (Å²) >= 11 is 3.13. The van der Waals surface area contributed by atoms with Gasteiger partial charge in [-0.15, -0.1) is 0 Å². The highest BCUT2D eigenvalue weighted by Gasteiger charge is 1.93. The average Bonchev–Trinajstić information content (AvgIpc) is 1.80. The van der Waals surface area contributed by atoms with Crippen molar-refractivity contribution in [1.82, 2.24) is 4.98 Å². The Balaban J connectivity index is 3.17. The quantitative estimate of drug-likeness (QED) is 0.597. The van der Waals surface area contributed by atoms with Crippen LogP contribution in [0.25, 0.3) is 0 Å². The summed E-state index contributed by atoms with van der Waals surface area (Å²) in [5, 5.41) is 0. The van der Waals surface area contributed by atoms with Crippen LogP contribution < -0.4 is 11.5 Å². The van der Waals surface area contributed by atoms with E-state index in [4.69, 9.17) is 11.5 Å². The van der Waals surface area contributed by atoms with Crippen LogP contribution in [0, 0.1) is 0 Å². The number of rotatable bonds is 0. The number of nitrogens with two attached hydrogens (primary N) is 2. The molecule has 0 bridgehead atoms. The van der Waals surface area contributed by atoms with E-state index in [1.165, 1.54) is 0 Å². The highest BCUT2D eigenvalue weighted by Crippen LogP contribution is 2.16. The molecular formula is C5H6BrN3. The summed E-state index contributed by atoms with van der Waals surface area (Å²) in [5.41, 5.74) is 11.4. The maximum Gasteiger partial charge on any atom is 0.131 e. The summed E-state index contributed by atoms with van der Waals surface area (Å²) in [6.07, 6.45) is 0. The number of hydrogen-bond donors (Lipinski definition) is 2. The van der Waals surface area contributed by atoms with E-state index >= 15 is 0 Å². The number of pyridine rings is 1. The fourth-order valence-electron chi connectivity index (χ4n) is 0.459. The van der Waals surface area contributed by atoms with Crippen molar-refractivity contribution in [2.24, 2.45) is 0 Å². The molecule has 0 aliphatic rings. The first-order valence-electron chi connectivity index (χ1n) is 2.37. The van der Waals surface area contributed by atoms with Crippen molar-refractivity contribution < 1.29 is 0 Å². The zero-order valence-electron chi connectivity index (χ0n) is 4.63. The molecule has 0 fully saturated rings. The van der Waals surface area contributed by atoms with Crippen molar-refractivity contribution in [1.29, 1.82) is 0 Å². The zero-order valence-corrected chi connectivity index (χ0v) is 6.22. The van der Waals surface area contributed by atoms with Gasteiger partial charge >= 0.3 is 0 Å². The minimum absolute atomic E-state index is 0.469. The first-order valence-corrected chi connectivity index (χ1v) is 3.17. The molecule has 0 saturated heterocycles. The molecule has 4 N–H and O–H groups in total. The SMILES string of the molecule is Nc1ccc(N)c(Br)n1. The molecule has 1 aromatic heterocycles. The third-order valence-corrected chi connectivity index (χ3v) is 1.53. The van der Waals surface area contributed by atoms with Crippen molar-refractivity contribution in [3.05, 3.63) is 16.7 Å². The van der Waals surface area contributed by atoms with Crippen molar-refractivity contribution in [2.45, 2.75) is 0 Å². The molecule has 48 valence electrons. The van der Waals surface area contributed by atoms with Gasteiger partial charge in [-0.25, -0.2) is 4.98 Å². The summed E-state index contributed by atoms with van der Waals surface area (Å²) in [5.74, 6) is 0.469. The summed E-state index contributed by atoms with van der Waals surface area (Å²) in [7, 11) is 0. The van der Waals surface area contributed by atoms with Crippen LogP contribution in [0.5, 0.6) is 0 Å². The highest BCUT2D eigenvalue weighted by atomic mass is 79.9. The summed E-state index contributed by atoms with van der Waals surface area (Å²) in [4.78, 5) is 3.84. The van der Waals surface area contributed by atoms with Crippen molar-refractivity contribution >= 4 is 27.4 Å². The Morgan fingerprint density at radius 2 is 2.00 bits per heavy atom. The number of nitrogen functional groups attached to an aromatic ring is 2. The molecule has 0 saturated carbocycles. The minimum atomic E-state index is 0.469. The maximum atomic E-state index is 5.42. The van der Waals surface area contributed by atoms with Gasteiger partial charge in [-0.1, -0.05) is 0 Å². The van der Waals surface area contributed by atoms with Gasteiger partial charge in [-0.05, 0) is 28.1 Å². The Kier molecular flexibility index (Phi) is 1.57. The molecule has 4 heteroatoms. The summed E-state index contributed by atoms with van der Waals surface area (Å²) in [6, 6.07) is 3.35. The molecule has 1 heterocycles. The standard InChI is InChI=1S/C5H6BrN3/c6-5-3(7)1-2-4(8)9-5/h1-2H,7H2,(H2,8,9). The topological polar surface area (TPSA) is 64.9 Å². The van der Waals surface area contributed by atoms with Crippen LogP contribution in [-0.4, -0.2) is 4.98 Å². The predicted molar refractivity (Wildman–Crippen MR) is 40.8 cm³/mol. The van der Waals surface area contributed by atoms with Gasteiger partial charge in [0.15, 0.2) is 0 Å². The predicted octanol–water partition coefficient (Wildman–Crippen LogP) is 1.01. The van der Waals surface area contributed by atoms with Gasteiger partial charge in [0, 0.05) is 0 Å². The Bertz CT molecular complexity index is 223. The van der Waals surface area contributed by atoms with Crippen molar-refractivity contribution in [3.63, 3.8) is 0 Å². The van der Waals surface area contributed by atoms with Crippen LogP contribution in [0.3, 0.4) is 0 Å². The molecule has 0 spiro atoms.